The van der Waals surface area contributed by atoms with E-state index >= 15 is 0 Å². The van der Waals surface area contributed by atoms with Crippen molar-refractivity contribution in [2.24, 2.45) is 0 Å². The zero-order valence-corrected chi connectivity index (χ0v) is 19.0. The number of carbonyl (C=O) groups excluding carboxylic acids is 1. The number of methoxy groups -OCH3 is 3. The Hall–Kier alpha value is -2.91. The number of aromatic nitrogens is 1. The van der Waals surface area contributed by atoms with Crippen molar-refractivity contribution in [1.29, 1.82) is 0 Å². The molecule has 0 atom stereocenters. The van der Waals surface area contributed by atoms with Crippen molar-refractivity contribution in [3.63, 3.8) is 0 Å². The molecule has 0 spiro atoms. The number of anilines is 2. The Morgan fingerprint density at radius 1 is 1.00 bits per heavy atom. The Labute approximate surface area is 189 Å². The van der Waals surface area contributed by atoms with E-state index in [1.165, 1.54) is 0 Å². The highest BCUT2D eigenvalue weighted by Gasteiger charge is 2.25. The molecule has 0 saturated carbocycles. The Bertz CT molecular complexity index is 1060. The van der Waals surface area contributed by atoms with Gasteiger partial charge in [-0.1, -0.05) is 22.9 Å². The second kappa shape index (κ2) is 9.07. The topological polar surface area (TPSA) is 76.2 Å². The first-order chi connectivity index (χ1) is 15.0. The van der Waals surface area contributed by atoms with E-state index in [0.29, 0.717) is 48.4 Å². The quantitative estimate of drug-likeness (QED) is 0.608. The van der Waals surface area contributed by atoms with E-state index in [1.54, 1.807) is 55.8 Å². The molecule has 0 aliphatic carbocycles. The monoisotopic (exact) mass is 462 g/mol. The van der Waals surface area contributed by atoms with Crippen molar-refractivity contribution in [1.82, 2.24) is 9.88 Å². The van der Waals surface area contributed by atoms with Gasteiger partial charge in [0, 0.05) is 31.2 Å². The minimum absolute atomic E-state index is 0.187. The van der Waals surface area contributed by atoms with Gasteiger partial charge in [0.15, 0.2) is 5.13 Å². The standard InChI is InChI=1S/C21H23ClN4O4S/c1-28-15-5-4-13(22)12-14(15)23-20(27)25-8-10-26(11-9-25)21-24-18-16(29-2)6-7-17(30-3)19(18)31-21/h4-7,12H,8-11H2,1-3H3,(H,23,27). The van der Waals surface area contributed by atoms with E-state index in [4.69, 9.17) is 30.8 Å². The summed E-state index contributed by atoms with van der Waals surface area (Å²) in [4.78, 5) is 21.5. The van der Waals surface area contributed by atoms with Crippen LogP contribution in [0.25, 0.3) is 10.2 Å². The van der Waals surface area contributed by atoms with Crippen molar-refractivity contribution in [3.05, 3.63) is 35.4 Å². The number of nitrogens with zero attached hydrogens (tertiary/aromatic N) is 3. The number of halogens is 1. The number of nitrogens with one attached hydrogen (secondary N) is 1. The van der Waals surface area contributed by atoms with Crippen LogP contribution in [-0.4, -0.2) is 63.4 Å². The highest BCUT2D eigenvalue weighted by molar-refractivity contribution is 7.22. The summed E-state index contributed by atoms with van der Waals surface area (Å²) in [7, 11) is 4.83. The first-order valence-corrected chi connectivity index (χ1v) is 10.9. The average Bonchev–Trinajstić information content (AvgIpc) is 3.24. The highest BCUT2D eigenvalue weighted by Crippen LogP contribution is 2.40. The predicted molar refractivity (Wildman–Crippen MR) is 124 cm³/mol. The van der Waals surface area contributed by atoms with Crippen molar-refractivity contribution in [3.8, 4) is 17.2 Å². The molecule has 31 heavy (non-hydrogen) atoms. The van der Waals surface area contributed by atoms with Gasteiger partial charge in [-0.05, 0) is 30.3 Å². The van der Waals surface area contributed by atoms with Gasteiger partial charge >= 0.3 is 6.03 Å². The van der Waals surface area contributed by atoms with Crippen LogP contribution < -0.4 is 24.4 Å². The lowest BCUT2D eigenvalue weighted by Gasteiger charge is -2.34. The Kier molecular flexibility index (Phi) is 6.24. The zero-order valence-electron chi connectivity index (χ0n) is 17.5. The minimum atomic E-state index is -0.187. The van der Waals surface area contributed by atoms with Crippen LogP contribution >= 0.6 is 22.9 Å². The van der Waals surface area contributed by atoms with Crippen molar-refractivity contribution < 1.29 is 19.0 Å². The number of carbonyl (C=O) groups is 1. The molecular weight excluding hydrogens is 440 g/mol. The van der Waals surface area contributed by atoms with Crippen LogP contribution in [0.2, 0.25) is 5.02 Å². The van der Waals surface area contributed by atoms with Gasteiger partial charge in [0.1, 0.15) is 27.5 Å². The molecule has 2 amide bonds. The maximum atomic E-state index is 12.7. The van der Waals surface area contributed by atoms with Crippen molar-refractivity contribution in [2.75, 3.05) is 57.7 Å². The Morgan fingerprint density at radius 2 is 1.65 bits per heavy atom. The lowest BCUT2D eigenvalue weighted by molar-refractivity contribution is 0.208. The first-order valence-electron chi connectivity index (χ1n) is 9.70. The molecule has 0 unspecified atom stereocenters. The van der Waals surface area contributed by atoms with Crippen LogP contribution in [0.3, 0.4) is 0 Å². The lowest BCUT2D eigenvalue weighted by Crippen LogP contribution is -2.50. The Balaban J connectivity index is 1.45. The summed E-state index contributed by atoms with van der Waals surface area (Å²) < 4.78 is 17.2. The molecule has 2 aromatic carbocycles. The molecule has 1 saturated heterocycles. The average molecular weight is 463 g/mol. The number of rotatable bonds is 5. The maximum absolute atomic E-state index is 12.7. The molecule has 4 rings (SSSR count). The van der Waals surface area contributed by atoms with Gasteiger partial charge in [-0.15, -0.1) is 0 Å². The van der Waals surface area contributed by atoms with Crippen LogP contribution in [0.1, 0.15) is 0 Å². The van der Waals surface area contributed by atoms with Crippen molar-refractivity contribution >= 4 is 50.0 Å². The molecule has 0 bridgehead atoms. The molecule has 164 valence electrons. The number of fused-ring (bicyclic) bond motifs is 1. The fourth-order valence-electron chi connectivity index (χ4n) is 3.48. The molecule has 1 aliphatic heterocycles. The number of urea groups is 1. The summed E-state index contributed by atoms with van der Waals surface area (Å²) in [6.45, 7) is 2.48. The minimum Gasteiger partial charge on any atom is -0.495 e. The van der Waals surface area contributed by atoms with Crippen LogP contribution in [0.5, 0.6) is 17.2 Å². The zero-order chi connectivity index (χ0) is 22.0. The second-order valence-electron chi connectivity index (χ2n) is 6.89. The van der Waals surface area contributed by atoms with Crippen LogP contribution in [0, 0.1) is 0 Å². The molecule has 2 heterocycles. The summed E-state index contributed by atoms with van der Waals surface area (Å²) >= 11 is 7.62. The third-order valence-electron chi connectivity index (χ3n) is 5.14. The number of ether oxygens (including phenoxy) is 3. The smallest absolute Gasteiger partial charge is 0.322 e. The molecule has 0 radical (unpaired) electrons. The molecule has 1 fully saturated rings. The van der Waals surface area contributed by atoms with Gasteiger partial charge in [-0.2, -0.15) is 0 Å². The first kappa shape index (κ1) is 21.3. The third-order valence-corrected chi connectivity index (χ3v) is 6.51. The third kappa shape index (κ3) is 4.28. The van der Waals surface area contributed by atoms with E-state index < -0.39 is 0 Å². The van der Waals surface area contributed by atoms with E-state index in [-0.39, 0.29) is 6.03 Å². The molecule has 1 aliphatic rings. The highest BCUT2D eigenvalue weighted by atomic mass is 35.5. The Morgan fingerprint density at radius 3 is 2.32 bits per heavy atom. The van der Waals surface area contributed by atoms with Crippen molar-refractivity contribution in [2.45, 2.75) is 0 Å². The van der Waals surface area contributed by atoms with E-state index in [9.17, 15) is 4.79 Å². The van der Waals surface area contributed by atoms with Gasteiger partial charge < -0.3 is 29.3 Å². The molecule has 8 nitrogen and oxygen atoms in total. The van der Waals surface area contributed by atoms with Gasteiger partial charge in [0.2, 0.25) is 0 Å². The molecular formula is C21H23ClN4O4S. The van der Waals surface area contributed by atoms with Crippen LogP contribution in [0.4, 0.5) is 15.6 Å². The fraction of sp³-hybridized carbons (Fsp3) is 0.333. The second-order valence-corrected chi connectivity index (χ2v) is 8.31. The molecule has 10 heteroatoms. The number of benzene rings is 2. The number of thiazole rings is 1. The van der Waals surface area contributed by atoms with E-state index in [0.717, 1.165) is 21.1 Å². The van der Waals surface area contributed by atoms with Crippen LogP contribution in [0.15, 0.2) is 30.3 Å². The number of piperazine rings is 1. The summed E-state index contributed by atoms with van der Waals surface area (Å²) in [5.74, 6) is 2.05. The SMILES string of the molecule is COc1ccc(Cl)cc1NC(=O)N1CCN(c2nc3c(OC)ccc(OC)c3s2)CC1. The number of amides is 2. The molecule has 3 aromatic rings. The molecule has 1 N–H and O–H groups in total. The fourth-order valence-corrected chi connectivity index (χ4v) is 4.78. The maximum Gasteiger partial charge on any atom is 0.322 e. The molecule has 1 aromatic heterocycles. The summed E-state index contributed by atoms with van der Waals surface area (Å²) in [6.07, 6.45) is 0. The van der Waals surface area contributed by atoms with Gasteiger partial charge in [-0.25, -0.2) is 9.78 Å². The summed E-state index contributed by atoms with van der Waals surface area (Å²) in [6, 6.07) is 8.68. The lowest BCUT2D eigenvalue weighted by atomic mass is 10.3. The number of hydrogen-bond donors (Lipinski definition) is 1. The van der Waals surface area contributed by atoms with Gasteiger partial charge in [0.05, 0.1) is 27.0 Å². The van der Waals surface area contributed by atoms with Gasteiger partial charge in [-0.3, -0.25) is 0 Å². The van der Waals surface area contributed by atoms with Crippen LogP contribution in [-0.2, 0) is 0 Å². The normalized spacial score (nSPS) is 13.9. The van der Waals surface area contributed by atoms with E-state index in [1.807, 2.05) is 12.1 Å². The predicted octanol–water partition coefficient (Wildman–Crippen LogP) is 4.33. The summed E-state index contributed by atoms with van der Waals surface area (Å²) in [5.41, 5.74) is 1.34. The largest absolute Gasteiger partial charge is 0.495 e. The number of hydrogen-bond acceptors (Lipinski definition) is 7. The van der Waals surface area contributed by atoms with Gasteiger partial charge in [0.25, 0.3) is 0 Å². The van der Waals surface area contributed by atoms with E-state index in [2.05, 4.69) is 10.2 Å². The summed E-state index contributed by atoms with van der Waals surface area (Å²) in [5, 5.41) is 4.31.